The van der Waals surface area contributed by atoms with Gasteiger partial charge in [0.1, 0.15) is 11.2 Å². The van der Waals surface area contributed by atoms with Crippen LogP contribution in [0, 0.1) is 12.3 Å². The number of aryl methyl sites for hydroxylation is 1. The molecule has 116 valence electrons. The van der Waals surface area contributed by atoms with Crippen molar-refractivity contribution < 1.29 is 0 Å². The summed E-state index contributed by atoms with van der Waals surface area (Å²) in [5, 5.41) is 4.61. The van der Waals surface area contributed by atoms with Crippen LogP contribution < -0.4 is 5.56 Å². The van der Waals surface area contributed by atoms with Crippen molar-refractivity contribution in [2.45, 2.75) is 44.7 Å². The molecule has 1 saturated carbocycles. The number of fused-ring (bicyclic) bond motifs is 1. The molecule has 0 saturated heterocycles. The van der Waals surface area contributed by atoms with Crippen LogP contribution >= 0.6 is 0 Å². The standard InChI is InChI=1S/C16H21N5O/c1-3-9-21(12-7-5-4-6-8-12)11-14-18-15-13(16(22)19-14)10-17-20(15)2/h1,10,12H,4-9,11H2,2H3,(H,18,19,22). The van der Waals surface area contributed by atoms with Crippen molar-refractivity contribution in [2.75, 3.05) is 6.54 Å². The molecule has 0 aromatic carbocycles. The maximum absolute atomic E-state index is 12.1. The molecule has 6 nitrogen and oxygen atoms in total. The van der Waals surface area contributed by atoms with E-state index in [9.17, 15) is 4.79 Å². The number of rotatable bonds is 4. The predicted octanol–water partition coefficient (Wildman–Crippen LogP) is 1.42. The number of hydrogen-bond acceptors (Lipinski definition) is 4. The van der Waals surface area contributed by atoms with E-state index in [-0.39, 0.29) is 5.56 Å². The molecule has 0 amide bonds. The van der Waals surface area contributed by atoms with Crippen molar-refractivity contribution >= 4 is 11.0 Å². The lowest BCUT2D eigenvalue weighted by atomic mass is 9.94. The number of nitrogens with one attached hydrogen (secondary N) is 1. The van der Waals surface area contributed by atoms with Crippen LogP contribution in [0.4, 0.5) is 0 Å². The Balaban J connectivity index is 1.87. The third-order valence-electron chi connectivity index (χ3n) is 4.39. The van der Waals surface area contributed by atoms with Gasteiger partial charge in [-0.25, -0.2) is 4.98 Å². The smallest absolute Gasteiger partial charge is 0.262 e. The second-order valence-electron chi connectivity index (χ2n) is 5.92. The van der Waals surface area contributed by atoms with Gasteiger partial charge in [-0.2, -0.15) is 5.10 Å². The van der Waals surface area contributed by atoms with E-state index in [4.69, 9.17) is 6.42 Å². The lowest BCUT2D eigenvalue weighted by Crippen LogP contribution is -2.37. The summed E-state index contributed by atoms with van der Waals surface area (Å²) in [5.41, 5.74) is 0.473. The molecule has 0 atom stereocenters. The molecular formula is C16H21N5O. The molecule has 0 radical (unpaired) electrons. The molecule has 2 aromatic rings. The van der Waals surface area contributed by atoms with E-state index in [1.165, 1.54) is 32.1 Å². The van der Waals surface area contributed by atoms with Crippen molar-refractivity contribution in [1.29, 1.82) is 0 Å². The largest absolute Gasteiger partial charge is 0.309 e. The minimum atomic E-state index is -0.141. The fourth-order valence-electron chi connectivity index (χ4n) is 3.22. The van der Waals surface area contributed by atoms with Crippen LogP contribution in [0.1, 0.15) is 37.9 Å². The van der Waals surface area contributed by atoms with Gasteiger partial charge in [0.05, 0.1) is 19.3 Å². The minimum absolute atomic E-state index is 0.141. The van der Waals surface area contributed by atoms with E-state index in [1.807, 2.05) is 0 Å². The summed E-state index contributed by atoms with van der Waals surface area (Å²) in [6, 6.07) is 0.484. The average Bonchev–Trinajstić information content (AvgIpc) is 2.90. The molecule has 2 aromatic heterocycles. The SMILES string of the molecule is C#CCN(Cc1nc2c(cnn2C)c(=O)[nH]1)C1CCCCC1. The second-order valence-corrected chi connectivity index (χ2v) is 5.92. The molecule has 2 heterocycles. The molecule has 1 N–H and O–H groups in total. The summed E-state index contributed by atoms with van der Waals surface area (Å²) in [6.07, 6.45) is 13.2. The number of terminal acetylenes is 1. The maximum Gasteiger partial charge on any atom is 0.262 e. The van der Waals surface area contributed by atoms with Crippen molar-refractivity contribution in [3.05, 3.63) is 22.4 Å². The summed E-state index contributed by atoms with van der Waals surface area (Å²) in [7, 11) is 1.79. The van der Waals surface area contributed by atoms with E-state index in [2.05, 4.69) is 25.9 Å². The first kappa shape index (κ1) is 14.8. The molecule has 0 unspecified atom stereocenters. The first-order valence-electron chi connectivity index (χ1n) is 7.77. The minimum Gasteiger partial charge on any atom is -0.309 e. The van der Waals surface area contributed by atoms with Gasteiger partial charge in [0, 0.05) is 13.1 Å². The second kappa shape index (κ2) is 6.32. The zero-order valence-electron chi connectivity index (χ0n) is 12.9. The Morgan fingerprint density at radius 1 is 1.45 bits per heavy atom. The van der Waals surface area contributed by atoms with Gasteiger partial charge in [-0.3, -0.25) is 14.4 Å². The molecule has 1 aliphatic carbocycles. The Bertz CT molecular complexity index is 748. The first-order chi connectivity index (χ1) is 10.7. The molecule has 6 heteroatoms. The van der Waals surface area contributed by atoms with Gasteiger partial charge in [-0.1, -0.05) is 25.2 Å². The number of hydrogen-bond donors (Lipinski definition) is 1. The molecule has 1 fully saturated rings. The fraction of sp³-hybridized carbons (Fsp3) is 0.562. The van der Waals surface area contributed by atoms with Crippen LogP contribution in [0.2, 0.25) is 0 Å². The molecule has 1 aliphatic rings. The van der Waals surface area contributed by atoms with E-state index in [0.29, 0.717) is 36.0 Å². The van der Waals surface area contributed by atoms with E-state index < -0.39 is 0 Å². The van der Waals surface area contributed by atoms with Crippen molar-refractivity contribution in [2.24, 2.45) is 7.05 Å². The number of H-pyrrole nitrogens is 1. The van der Waals surface area contributed by atoms with E-state index >= 15 is 0 Å². The Hall–Kier alpha value is -2.13. The lowest BCUT2D eigenvalue weighted by molar-refractivity contribution is 0.163. The van der Waals surface area contributed by atoms with Crippen molar-refractivity contribution in [3.8, 4) is 12.3 Å². The molecular weight excluding hydrogens is 278 g/mol. The molecule has 0 aliphatic heterocycles. The zero-order valence-corrected chi connectivity index (χ0v) is 12.9. The van der Waals surface area contributed by atoms with Crippen molar-refractivity contribution in [1.82, 2.24) is 24.6 Å². The quantitative estimate of drug-likeness (QED) is 0.867. The topological polar surface area (TPSA) is 66.8 Å². The molecule has 3 rings (SSSR count). The van der Waals surface area contributed by atoms with Gasteiger partial charge >= 0.3 is 0 Å². The molecule has 22 heavy (non-hydrogen) atoms. The Labute approximate surface area is 129 Å². The molecule has 0 spiro atoms. The van der Waals surface area contributed by atoms with Gasteiger partial charge < -0.3 is 4.98 Å². The average molecular weight is 299 g/mol. The number of aromatic amines is 1. The van der Waals surface area contributed by atoms with Crippen LogP contribution in [0.5, 0.6) is 0 Å². The normalized spacial score (nSPS) is 16.2. The van der Waals surface area contributed by atoms with Gasteiger partial charge in [-0.05, 0) is 12.8 Å². The van der Waals surface area contributed by atoms with Crippen molar-refractivity contribution in [3.63, 3.8) is 0 Å². The number of aromatic nitrogens is 4. The lowest BCUT2D eigenvalue weighted by Gasteiger charge is -2.32. The number of nitrogens with zero attached hydrogens (tertiary/aromatic N) is 4. The summed E-state index contributed by atoms with van der Waals surface area (Å²) < 4.78 is 1.63. The van der Waals surface area contributed by atoms with Crippen LogP contribution in [0.15, 0.2) is 11.0 Å². The summed E-state index contributed by atoms with van der Waals surface area (Å²) in [4.78, 5) is 21.8. The Morgan fingerprint density at radius 2 is 2.23 bits per heavy atom. The fourth-order valence-corrected chi connectivity index (χ4v) is 3.22. The van der Waals surface area contributed by atoms with Crippen LogP contribution in [-0.2, 0) is 13.6 Å². The van der Waals surface area contributed by atoms with Gasteiger partial charge in [0.2, 0.25) is 0 Å². The van der Waals surface area contributed by atoms with Gasteiger partial charge in [-0.15, -0.1) is 6.42 Å². The van der Waals surface area contributed by atoms with E-state index in [0.717, 1.165) is 0 Å². The van der Waals surface area contributed by atoms with Gasteiger partial charge in [0.25, 0.3) is 5.56 Å². The highest BCUT2D eigenvalue weighted by atomic mass is 16.1. The predicted molar refractivity (Wildman–Crippen MR) is 85.2 cm³/mol. The first-order valence-corrected chi connectivity index (χ1v) is 7.77. The monoisotopic (exact) mass is 299 g/mol. The highest BCUT2D eigenvalue weighted by Crippen LogP contribution is 2.23. The highest BCUT2D eigenvalue weighted by Gasteiger charge is 2.21. The Morgan fingerprint density at radius 3 is 2.95 bits per heavy atom. The van der Waals surface area contributed by atoms with Crippen LogP contribution in [-0.4, -0.2) is 37.2 Å². The zero-order chi connectivity index (χ0) is 15.5. The highest BCUT2D eigenvalue weighted by molar-refractivity contribution is 5.72. The Kier molecular flexibility index (Phi) is 4.25. The van der Waals surface area contributed by atoms with E-state index in [1.54, 1.807) is 17.9 Å². The van der Waals surface area contributed by atoms with Crippen LogP contribution in [0.25, 0.3) is 11.0 Å². The third kappa shape index (κ3) is 2.90. The van der Waals surface area contributed by atoms with Crippen LogP contribution in [0.3, 0.4) is 0 Å². The summed E-state index contributed by atoms with van der Waals surface area (Å²) >= 11 is 0. The molecule has 0 bridgehead atoms. The summed E-state index contributed by atoms with van der Waals surface area (Å²) in [6.45, 7) is 1.16. The maximum atomic E-state index is 12.1. The summed E-state index contributed by atoms with van der Waals surface area (Å²) in [5.74, 6) is 3.39. The third-order valence-corrected chi connectivity index (χ3v) is 4.39. The van der Waals surface area contributed by atoms with Gasteiger partial charge in [0.15, 0.2) is 5.65 Å².